The maximum atomic E-state index is 4.27. The zero-order valence-corrected chi connectivity index (χ0v) is 9.90. The Morgan fingerprint density at radius 2 is 2.33 bits per heavy atom. The van der Waals surface area contributed by atoms with Gasteiger partial charge in [0.1, 0.15) is 16.2 Å². The third kappa shape index (κ3) is 2.56. The zero-order valence-electron chi connectivity index (χ0n) is 8.31. The number of anilines is 1. The molecule has 5 heteroatoms. The van der Waals surface area contributed by atoms with E-state index in [9.17, 15) is 0 Å². The van der Waals surface area contributed by atoms with E-state index >= 15 is 0 Å². The van der Waals surface area contributed by atoms with Gasteiger partial charge in [0.05, 0.1) is 6.54 Å². The van der Waals surface area contributed by atoms with Gasteiger partial charge < -0.3 is 9.88 Å². The predicted octanol–water partition coefficient (Wildman–Crippen LogP) is 2.19. The standard InChI is InChI=1S/C10H11BrN4/c1-15-6-5-12-10(15)7-13-9-4-2-3-8(11)14-9/h2-6H,7H2,1H3,(H,13,14). The van der Waals surface area contributed by atoms with Crippen LogP contribution in [0.25, 0.3) is 0 Å². The molecular weight excluding hydrogens is 256 g/mol. The number of imidazole rings is 1. The largest absolute Gasteiger partial charge is 0.363 e. The highest BCUT2D eigenvalue weighted by molar-refractivity contribution is 9.10. The molecule has 2 aromatic heterocycles. The molecule has 2 rings (SSSR count). The third-order valence-corrected chi connectivity index (χ3v) is 2.51. The Kier molecular flexibility index (Phi) is 3.01. The molecule has 2 aromatic rings. The molecule has 0 bridgehead atoms. The van der Waals surface area contributed by atoms with E-state index in [2.05, 4.69) is 31.2 Å². The molecule has 1 N–H and O–H groups in total. The summed E-state index contributed by atoms with van der Waals surface area (Å²) >= 11 is 3.32. The van der Waals surface area contributed by atoms with E-state index in [0.717, 1.165) is 16.2 Å². The Balaban J connectivity index is 2.02. The highest BCUT2D eigenvalue weighted by atomic mass is 79.9. The van der Waals surface area contributed by atoms with Crippen molar-refractivity contribution in [1.82, 2.24) is 14.5 Å². The topological polar surface area (TPSA) is 42.7 Å². The first-order valence-corrected chi connectivity index (χ1v) is 5.37. The van der Waals surface area contributed by atoms with E-state index in [1.807, 2.05) is 36.0 Å². The SMILES string of the molecule is Cn1ccnc1CNc1cccc(Br)n1. The van der Waals surface area contributed by atoms with Gasteiger partial charge in [0, 0.05) is 19.4 Å². The summed E-state index contributed by atoms with van der Waals surface area (Å²) in [5.41, 5.74) is 0. The Labute approximate surface area is 96.5 Å². The van der Waals surface area contributed by atoms with Gasteiger partial charge in [-0.05, 0) is 28.1 Å². The van der Waals surface area contributed by atoms with Crippen LogP contribution in [-0.4, -0.2) is 14.5 Å². The molecule has 78 valence electrons. The molecule has 0 unspecified atom stereocenters. The van der Waals surface area contributed by atoms with Crippen LogP contribution in [0.4, 0.5) is 5.82 Å². The maximum Gasteiger partial charge on any atom is 0.127 e. The summed E-state index contributed by atoms with van der Waals surface area (Å²) in [5.74, 6) is 1.82. The summed E-state index contributed by atoms with van der Waals surface area (Å²) in [6, 6.07) is 5.76. The van der Waals surface area contributed by atoms with Gasteiger partial charge in [-0.1, -0.05) is 6.07 Å². The lowest BCUT2D eigenvalue weighted by Crippen LogP contribution is -2.06. The zero-order chi connectivity index (χ0) is 10.7. The number of pyridine rings is 1. The minimum Gasteiger partial charge on any atom is -0.363 e. The van der Waals surface area contributed by atoms with Crippen LogP contribution in [0.1, 0.15) is 5.82 Å². The quantitative estimate of drug-likeness (QED) is 0.867. The molecule has 0 saturated carbocycles. The second-order valence-electron chi connectivity index (χ2n) is 3.15. The Morgan fingerprint density at radius 1 is 1.47 bits per heavy atom. The van der Waals surface area contributed by atoms with E-state index in [1.165, 1.54) is 0 Å². The molecule has 0 aromatic carbocycles. The lowest BCUT2D eigenvalue weighted by Gasteiger charge is -2.05. The van der Waals surface area contributed by atoms with Crippen LogP contribution in [-0.2, 0) is 13.6 Å². The summed E-state index contributed by atoms with van der Waals surface area (Å²) in [5, 5.41) is 3.20. The van der Waals surface area contributed by atoms with Crippen LogP contribution in [0.15, 0.2) is 35.2 Å². The van der Waals surface area contributed by atoms with Gasteiger partial charge in [-0.2, -0.15) is 0 Å². The molecule has 0 saturated heterocycles. The van der Waals surface area contributed by atoms with Crippen molar-refractivity contribution in [2.45, 2.75) is 6.54 Å². The van der Waals surface area contributed by atoms with Crippen LogP contribution in [0.2, 0.25) is 0 Å². The second-order valence-corrected chi connectivity index (χ2v) is 3.97. The predicted molar refractivity (Wildman–Crippen MR) is 62.5 cm³/mol. The van der Waals surface area contributed by atoms with E-state index < -0.39 is 0 Å². The molecule has 0 aliphatic carbocycles. The monoisotopic (exact) mass is 266 g/mol. The van der Waals surface area contributed by atoms with Crippen molar-refractivity contribution in [2.24, 2.45) is 7.05 Å². The first-order chi connectivity index (χ1) is 7.25. The summed E-state index contributed by atoms with van der Waals surface area (Å²) in [6.07, 6.45) is 3.71. The number of halogens is 1. The molecule has 0 aliphatic heterocycles. The van der Waals surface area contributed by atoms with Gasteiger partial charge >= 0.3 is 0 Å². The number of aromatic nitrogens is 3. The first-order valence-electron chi connectivity index (χ1n) is 4.58. The van der Waals surface area contributed by atoms with Crippen molar-refractivity contribution in [2.75, 3.05) is 5.32 Å². The van der Waals surface area contributed by atoms with Crippen LogP contribution in [0.3, 0.4) is 0 Å². The molecule has 0 radical (unpaired) electrons. The fourth-order valence-electron chi connectivity index (χ4n) is 1.24. The minimum absolute atomic E-state index is 0.674. The lowest BCUT2D eigenvalue weighted by atomic mass is 10.4. The number of nitrogens with zero attached hydrogens (tertiary/aromatic N) is 3. The molecule has 2 heterocycles. The van der Waals surface area contributed by atoms with Crippen molar-refractivity contribution >= 4 is 21.7 Å². The van der Waals surface area contributed by atoms with Crippen molar-refractivity contribution in [3.63, 3.8) is 0 Å². The molecule has 4 nitrogen and oxygen atoms in total. The first kappa shape index (κ1) is 10.2. The van der Waals surface area contributed by atoms with E-state index in [4.69, 9.17) is 0 Å². The van der Waals surface area contributed by atoms with Crippen LogP contribution >= 0.6 is 15.9 Å². The summed E-state index contributed by atoms with van der Waals surface area (Å²) < 4.78 is 2.80. The van der Waals surface area contributed by atoms with Crippen LogP contribution in [0, 0.1) is 0 Å². The second kappa shape index (κ2) is 4.44. The van der Waals surface area contributed by atoms with Gasteiger partial charge in [-0.25, -0.2) is 9.97 Å². The van der Waals surface area contributed by atoms with Gasteiger partial charge in [-0.3, -0.25) is 0 Å². The summed E-state index contributed by atoms with van der Waals surface area (Å²) in [7, 11) is 1.97. The fourth-order valence-corrected chi connectivity index (χ4v) is 1.59. The van der Waals surface area contributed by atoms with Crippen LogP contribution in [0.5, 0.6) is 0 Å². The third-order valence-electron chi connectivity index (χ3n) is 2.06. The molecule has 0 amide bonds. The Morgan fingerprint density at radius 3 is 3.00 bits per heavy atom. The fraction of sp³-hybridized carbons (Fsp3) is 0.200. The minimum atomic E-state index is 0.674. The Hall–Kier alpha value is -1.36. The smallest absolute Gasteiger partial charge is 0.127 e. The van der Waals surface area contributed by atoms with E-state index in [0.29, 0.717) is 6.54 Å². The average Bonchev–Trinajstić information content (AvgIpc) is 2.61. The molecule has 0 aliphatic rings. The van der Waals surface area contributed by atoms with E-state index in [1.54, 1.807) is 6.20 Å². The maximum absolute atomic E-state index is 4.27. The number of aryl methyl sites for hydroxylation is 1. The van der Waals surface area contributed by atoms with Crippen molar-refractivity contribution < 1.29 is 0 Å². The lowest BCUT2D eigenvalue weighted by molar-refractivity contribution is 0.810. The van der Waals surface area contributed by atoms with E-state index in [-0.39, 0.29) is 0 Å². The number of nitrogens with one attached hydrogen (secondary N) is 1. The van der Waals surface area contributed by atoms with Crippen molar-refractivity contribution in [3.05, 3.63) is 41.0 Å². The number of hydrogen-bond acceptors (Lipinski definition) is 3. The van der Waals surface area contributed by atoms with Crippen molar-refractivity contribution in [1.29, 1.82) is 0 Å². The molecule has 0 atom stereocenters. The van der Waals surface area contributed by atoms with Crippen molar-refractivity contribution in [3.8, 4) is 0 Å². The van der Waals surface area contributed by atoms with Gasteiger partial charge in [0.15, 0.2) is 0 Å². The van der Waals surface area contributed by atoms with Crippen LogP contribution < -0.4 is 5.32 Å². The molecular formula is C10H11BrN4. The highest BCUT2D eigenvalue weighted by Crippen LogP contribution is 2.10. The van der Waals surface area contributed by atoms with Gasteiger partial charge in [-0.15, -0.1) is 0 Å². The Bertz CT molecular complexity index is 452. The van der Waals surface area contributed by atoms with Gasteiger partial charge in [0.25, 0.3) is 0 Å². The summed E-state index contributed by atoms with van der Waals surface area (Å²) in [6.45, 7) is 0.674. The highest BCUT2D eigenvalue weighted by Gasteiger charge is 1.99. The number of rotatable bonds is 3. The normalized spacial score (nSPS) is 10.3. The number of hydrogen-bond donors (Lipinski definition) is 1. The molecule has 0 spiro atoms. The van der Waals surface area contributed by atoms with Gasteiger partial charge in [0.2, 0.25) is 0 Å². The average molecular weight is 267 g/mol. The molecule has 15 heavy (non-hydrogen) atoms. The molecule has 0 fully saturated rings. The summed E-state index contributed by atoms with van der Waals surface area (Å²) in [4.78, 5) is 8.49.